The molecule has 2 heterocycles. The minimum absolute atomic E-state index is 0.0407. The van der Waals surface area contributed by atoms with E-state index in [2.05, 4.69) is 5.32 Å². The third kappa shape index (κ3) is 4.82. The standard InChI is InChI=1S/C25H31N3O4S/c1-3-19-8-4-5-11-23(19)26-25(30)21-10-6-14-27(17-21)33(31,32)22-12-13-24-20(16-22)9-7-15-28(24)18(2)29/h4-5,8,11-13,16,21H,3,6-7,9-10,14-15,17H2,1-2H3,(H,26,30)/t21-/m0/s1. The number of piperidine rings is 1. The van der Waals surface area contributed by atoms with Crippen molar-refractivity contribution < 1.29 is 18.0 Å². The van der Waals surface area contributed by atoms with Crippen molar-refractivity contribution in [2.75, 3.05) is 29.9 Å². The Labute approximate surface area is 195 Å². The number of anilines is 2. The van der Waals surface area contributed by atoms with Gasteiger partial charge >= 0.3 is 0 Å². The topological polar surface area (TPSA) is 86.8 Å². The minimum Gasteiger partial charge on any atom is -0.326 e. The summed E-state index contributed by atoms with van der Waals surface area (Å²) in [6.07, 6.45) is 3.65. The van der Waals surface area contributed by atoms with Gasteiger partial charge in [-0.15, -0.1) is 0 Å². The van der Waals surface area contributed by atoms with E-state index in [4.69, 9.17) is 0 Å². The molecule has 176 valence electrons. The van der Waals surface area contributed by atoms with E-state index in [1.54, 1.807) is 23.1 Å². The fourth-order valence-electron chi connectivity index (χ4n) is 4.77. The van der Waals surface area contributed by atoms with Gasteiger partial charge in [-0.1, -0.05) is 25.1 Å². The Hall–Kier alpha value is -2.71. The lowest BCUT2D eigenvalue weighted by Gasteiger charge is -2.32. The first-order chi connectivity index (χ1) is 15.8. The quantitative estimate of drug-likeness (QED) is 0.725. The summed E-state index contributed by atoms with van der Waals surface area (Å²) in [6.45, 7) is 4.78. The minimum atomic E-state index is -3.74. The van der Waals surface area contributed by atoms with Gasteiger partial charge in [0.05, 0.1) is 10.8 Å². The summed E-state index contributed by atoms with van der Waals surface area (Å²) < 4.78 is 28.3. The van der Waals surface area contributed by atoms with Crippen molar-refractivity contribution in [1.82, 2.24) is 4.31 Å². The number of sulfonamides is 1. The van der Waals surface area contributed by atoms with E-state index in [9.17, 15) is 18.0 Å². The molecule has 0 aromatic heterocycles. The molecular formula is C25H31N3O4S. The van der Waals surface area contributed by atoms with Crippen LogP contribution in [0.1, 0.15) is 44.2 Å². The van der Waals surface area contributed by atoms with Crippen LogP contribution in [0.5, 0.6) is 0 Å². The van der Waals surface area contributed by atoms with Gasteiger partial charge in [0, 0.05) is 37.9 Å². The average Bonchev–Trinajstić information content (AvgIpc) is 2.83. The van der Waals surface area contributed by atoms with E-state index < -0.39 is 15.9 Å². The van der Waals surface area contributed by atoms with Gasteiger partial charge in [0.1, 0.15) is 0 Å². The molecule has 0 saturated carbocycles. The van der Waals surface area contributed by atoms with Crippen LogP contribution in [0.15, 0.2) is 47.4 Å². The molecule has 2 aromatic rings. The van der Waals surface area contributed by atoms with Crippen LogP contribution in [0.4, 0.5) is 11.4 Å². The molecule has 0 spiro atoms. The fourth-order valence-corrected chi connectivity index (χ4v) is 6.35. The van der Waals surface area contributed by atoms with Crippen molar-refractivity contribution in [2.45, 2.75) is 50.8 Å². The first-order valence-electron chi connectivity index (χ1n) is 11.6. The molecule has 1 fully saturated rings. The van der Waals surface area contributed by atoms with Gasteiger partial charge in [0.15, 0.2) is 0 Å². The molecule has 4 rings (SSSR count). The monoisotopic (exact) mass is 469 g/mol. The molecule has 1 atom stereocenters. The lowest BCUT2D eigenvalue weighted by Crippen LogP contribution is -2.43. The van der Waals surface area contributed by atoms with Crippen LogP contribution in [0.3, 0.4) is 0 Å². The second-order valence-electron chi connectivity index (χ2n) is 8.77. The Morgan fingerprint density at radius 2 is 1.88 bits per heavy atom. The SMILES string of the molecule is CCc1ccccc1NC(=O)[C@H]1CCCN(S(=O)(=O)c2ccc3c(c2)CCCN3C(C)=O)C1. The number of para-hydroxylation sites is 1. The number of aryl methyl sites for hydroxylation is 2. The Balaban J connectivity index is 1.52. The first kappa shape index (κ1) is 23.4. The smallest absolute Gasteiger partial charge is 0.243 e. The number of nitrogens with zero attached hydrogens (tertiary/aromatic N) is 2. The number of hydrogen-bond acceptors (Lipinski definition) is 4. The van der Waals surface area contributed by atoms with Crippen molar-refractivity contribution in [3.63, 3.8) is 0 Å². The van der Waals surface area contributed by atoms with Gasteiger partial charge in [-0.3, -0.25) is 9.59 Å². The molecule has 33 heavy (non-hydrogen) atoms. The number of amides is 2. The highest BCUT2D eigenvalue weighted by Gasteiger charge is 2.34. The van der Waals surface area contributed by atoms with E-state index in [-0.39, 0.29) is 23.3 Å². The second-order valence-corrected chi connectivity index (χ2v) is 10.7. The van der Waals surface area contributed by atoms with Crippen LogP contribution in [0.2, 0.25) is 0 Å². The van der Waals surface area contributed by atoms with Crippen LogP contribution >= 0.6 is 0 Å². The van der Waals surface area contributed by atoms with Gasteiger partial charge < -0.3 is 10.2 Å². The molecule has 0 unspecified atom stereocenters. The Morgan fingerprint density at radius 3 is 2.64 bits per heavy atom. The molecule has 8 heteroatoms. The summed E-state index contributed by atoms with van der Waals surface area (Å²) in [5.74, 6) is -0.580. The Morgan fingerprint density at radius 1 is 1.09 bits per heavy atom. The van der Waals surface area contributed by atoms with E-state index in [0.717, 1.165) is 41.8 Å². The Kier molecular flexibility index (Phi) is 6.86. The van der Waals surface area contributed by atoms with Crippen molar-refractivity contribution in [1.29, 1.82) is 0 Å². The van der Waals surface area contributed by atoms with Crippen LogP contribution in [-0.2, 0) is 32.5 Å². The van der Waals surface area contributed by atoms with Gasteiger partial charge in [0.25, 0.3) is 0 Å². The van der Waals surface area contributed by atoms with Crippen molar-refractivity contribution in [3.05, 3.63) is 53.6 Å². The normalized spacial score (nSPS) is 19.1. The zero-order valence-electron chi connectivity index (χ0n) is 19.2. The summed E-state index contributed by atoms with van der Waals surface area (Å²) in [4.78, 5) is 26.8. The predicted molar refractivity (Wildman–Crippen MR) is 129 cm³/mol. The Bertz CT molecular complexity index is 1160. The van der Waals surface area contributed by atoms with E-state index in [0.29, 0.717) is 25.9 Å². The van der Waals surface area contributed by atoms with E-state index in [1.165, 1.54) is 11.2 Å². The number of benzene rings is 2. The zero-order chi connectivity index (χ0) is 23.6. The number of rotatable bonds is 5. The molecule has 0 aliphatic carbocycles. The molecule has 7 nitrogen and oxygen atoms in total. The summed E-state index contributed by atoms with van der Waals surface area (Å²) in [6, 6.07) is 12.7. The largest absolute Gasteiger partial charge is 0.326 e. The number of fused-ring (bicyclic) bond motifs is 1. The van der Waals surface area contributed by atoms with Crippen molar-refractivity contribution in [2.24, 2.45) is 5.92 Å². The summed E-state index contributed by atoms with van der Waals surface area (Å²) in [5, 5.41) is 3.00. The lowest BCUT2D eigenvalue weighted by molar-refractivity contribution is -0.121. The van der Waals surface area contributed by atoms with Gasteiger partial charge in [-0.05, 0) is 67.5 Å². The maximum atomic E-state index is 13.4. The van der Waals surface area contributed by atoms with Crippen LogP contribution < -0.4 is 10.2 Å². The second kappa shape index (κ2) is 9.65. The highest BCUT2D eigenvalue weighted by atomic mass is 32.2. The number of carbonyl (C=O) groups is 2. The number of hydrogen-bond donors (Lipinski definition) is 1. The lowest BCUT2D eigenvalue weighted by atomic mass is 9.98. The maximum absolute atomic E-state index is 13.4. The molecule has 0 bridgehead atoms. The van der Waals surface area contributed by atoms with Gasteiger partial charge in [-0.25, -0.2) is 8.42 Å². The molecule has 2 aliphatic heterocycles. The third-order valence-electron chi connectivity index (χ3n) is 6.60. The van der Waals surface area contributed by atoms with Crippen LogP contribution in [-0.4, -0.2) is 44.2 Å². The molecule has 0 radical (unpaired) electrons. The zero-order valence-corrected chi connectivity index (χ0v) is 20.0. The average molecular weight is 470 g/mol. The summed E-state index contributed by atoms with van der Waals surface area (Å²) >= 11 is 0. The molecule has 2 amide bonds. The molecule has 1 saturated heterocycles. The number of carbonyl (C=O) groups excluding carboxylic acids is 2. The summed E-state index contributed by atoms with van der Waals surface area (Å²) in [7, 11) is -3.74. The highest BCUT2D eigenvalue weighted by Crippen LogP contribution is 2.32. The molecular weight excluding hydrogens is 438 g/mol. The fraction of sp³-hybridized carbons (Fsp3) is 0.440. The molecule has 1 N–H and O–H groups in total. The number of nitrogens with one attached hydrogen (secondary N) is 1. The summed E-state index contributed by atoms with van der Waals surface area (Å²) in [5.41, 5.74) is 3.51. The van der Waals surface area contributed by atoms with Gasteiger partial charge in [0.2, 0.25) is 21.8 Å². The van der Waals surface area contributed by atoms with Crippen molar-refractivity contribution >= 4 is 33.2 Å². The highest BCUT2D eigenvalue weighted by molar-refractivity contribution is 7.89. The van der Waals surface area contributed by atoms with Gasteiger partial charge in [-0.2, -0.15) is 4.31 Å². The van der Waals surface area contributed by atoms with E-state index >= 15 is 0 Å². The predicted octanol–water partition coefficient (Wildman–Crippen LogP) is 3.59. The van der Waals surface area contributed by atoms with Crippen molar-refractivity contribution in [3.8, 4) is 0 Å². The molecule has 2 aromatic carbocycles. The van der Waals surface area contributed by atoms with E-state index in [1.807, 2.05) is 31.2 Å². The van der Waals surface area contributed by atoms with Crippen LogP contribution in [0.25, 0.3) is 0 Å². The van der Waals surface area contributed by atoms with Crippen LogP contribution in [0, 0.1) is 5.92 Å². The maximum Gasteiger partial charge on any atom is 0.243 e. The first-order valence-corrected chi connectivity index (χ1v) is 13.0. The molecule has 2 aliphatic rings. The third-order valence-corrected chi connectivity index (χ3v) is 8.46.